The molecule has 1 unspecified atom stereocenters. The van der Waals surface area contributed by atoms with Crippen LogP contribution in [-0.2, 0) is 14.8 Å². The van der Waals surface area contributed by atoms with Crippen molar-refractivity contribution in [3.05, 3.63) is 72.1 Å². The van der Waals surface area contributed by atoms with Gasteiger partial charge in [-0.2, -0.15) is 0 Å². The van der Waals surface area contributed by atoms with Gasteiger partial charge in [-0.25, -0.2) is 23.1 Å². The van der Waals surface area contributed by atoms with E-state index in [2.05, 4.69) is 20.0 Å². The number of sulfonamides is 1. The minimum Gasteiger partial charge on any atom is -0.325 e. The highest BCUT2D eigenvalue weighted by Gasteiger charge is 2.17. The van der Waals surface area contributed by atoms with Crippen molar-refractivity contribution in [1.82, 2.24) is 9.97 Å². The summed E-state index contributed by atoms with van der Waals surface area (Å²) in [6.07, 6.45) is 1.48. The van der Waals surface area contributed by atoms with Crippen molar-refractivity contribution in [1.29, 1.82) is 0 Å². The number of hydrogen-bond donors (Lipinski definition) is 2. The van der Waals surface area contributed by atoms with Crippen molar-refractivity contribution in [2.45, 2.75) is 35.8 Å². The molecule has 0 fully saturated rings. The zero-order valence-corrected chi connectivity index (χ0v) is 18.4. The topological polar surface area (TPSA) is 101 Å². The molecule has 3 aromatic rings. The largest absolute Gasteiger partial charge is 0.325 e. The van der Waals surface area contributed by atoms with E-state index >= 15 is 0 Å². The normalized spacial score (nSPS) is 12.2. The van der Waals surface area contributed by atoms with Crippen molar-refractivity contribution in [3.63, 3.8) is 0 Å². The number of nitrogens with one attached hydrogen (secondary N) is 2. The van der Waals surface area contributed by atoms with Crippen LogP contribution in [0.15, 0.2) is 70.6 Å². The summed E-state index contributed by atoms with van der Waals surface area (Å²) in [6, 6.07) is 15.6. The highest BCUT2D eigenvalue weighted by atomic mass is 32.2. The lowest BCUT2D eigenvalue weighted by molar-refractivity contribution is -0.115. The Morgan fingerprint density at radius 1 is 1.00 bits per heavy atom. The molecule has 0 saturated heterocycles. The van der Waals surface area contributed by atoms with Gasteiger partial charge in [0.25, 0.3) is 10.0 Å². The van der Waals surface area contributed by atoms with Crippen LogP contribution in [0.25, 0.3) is 0 Å². The van der Waals surface area contributed by atoms with Gasteiger partial charge in [0.15, 0.2) is 0 Å². The molecule has 0 saturated carbocycles. The Kier molecular flexibility index (Phi) is 6.73. The van der Waals surface area contributed by atoms with Gasteiger partial charge in [0.05, 0.1) is 10.1 Å². The molecular formula is C21H22N4O3S2. The Morgan fingerprint density at radius 3 is 2.30 bits per heavy atom. The predicted molar refractivity (Wildman–Crippen MR) is 119 cm³/mol. The summed E-state index contributed by atoms with van der Waals surface area (Å²) in [5, 5.41) is 2.50. The van der Waals surface area contributed by atoms with Crippen LogP contribution < -0.4 is 10.0 Å². The number of aromatic nitrogens is 2. The van der Waals surface area contributed by atoms with Crippen LogP contribution >= 0.6 is 11.8 Å². The molecule has 7 nitrogen and oxygen atoms in total. The maximum atomic E-state index is 12.5. The van der Waals surface area contributed by atoms with E-state index in [1.54, 1.807) is 25.1 Å². The number of nitrogens with zero attached hydrogens (tertiary/aromatic N) is 2. The van der Waals surface area contributed by atoms with E-state index in [4.69, 9.17) is 0 Å². The fraction of sp³-hybridized carbons (Fsp3) is 0.190. The molecule has 0 aliphatic carbocycles. The van der Waals surface area contributed by atoms with Crippen LogP contribution in [0.5, 0.6) is 0 Å². The van der Waals surface area contributed by atoms with Crippen molar-refractivity contribution in [2.75, 3.05) is 10.0 Å². The fourth-order valence-corrected chi connectivity index (χ4v) is 4.33. The van der Waals surface area contributed by atoms with Gasteiger partial charge < -0.3 is 5.32 Å². The lowest BCUT2D eigenvalue weighted by atomic mass is 10.2. The Balaban J connectivity index is 1.63. The molecule has 156 valence electrons. The van der Waals surface area contributed by atoms with E-state index in [1.165, 1.54) is 30.1 Å². The Hall–Kier alpha value is -2.91. The van der Waals surface area contributed by atoms with Crippen molar-refractivity contribution in [2.24, 2.45) is 0 Å². The number of aryl methyl sites for hydroxylation is 2. The first kappa shape index (κ1) is 21.8. The van der Waals surface area contributed by atoms with Crippen LogP contribution in [0, 0.1) is 13.8 Å². The van der Waals surface area contributed by atoms with E-state index in [1.807, 2.05) is 38.1 Å². The molecule has 0 aliphatic rings. The van der Waals surface area contributed by atoms with E-state index in [9.17, 15) is 13.2 Å². The molecule has 2 N–H and O–H groups in total. The van der Waals surface area contributed by atoms with Gasteiger partial charge in [-0.05, 0) is 63.2 Å². The molecule has 1 atom stereocenters. The predicted octanol–water partition coefficient (Wildman–Crippen LogP) is 4.01. The van der Waals surface area contributed by atoms with Crippen molar-refractivity contribution in [3.8, 4) is 0 Å². The maximum Gasteiger partial charge on any atom is 0.264 e. The number of benzene rings is 2. The van der Waals surface area contributed by atoms with Crippen LogP contribution in [-0.4, -0.2) is 29.5 Å². The molecule has 2 aromatic carbocycles. The first-order valence-electron chi connectivity index (χ1n) is 9.20. The van der Waals surface area contributed by atoms with E-state index in [0.29, 0.717) is 11.4 Å². The monoisotopic (exact) mass is 442 g/mol. The molecule has 3 rings (SSSR count). The Labute approximate surface area is 180 Å². The van der Waals surface area contributed by atoms with Gasteiger partial charge >= 0.3 is 0 Å². The summed E-state index contributed by atoms with van der Waals surface area (Å²) >= 11 is 1.46. The molecule has 0 aliphatic heterocycles. The Bertz CT molecular complexity index is 1130. The molecule has 1 heterocycles. The summed E-state index contributed by atoms with van der Waals surface area (Å²) < 4.78 is 27.3. The highest BCUT2D eigenvalue weighted by molar-refractivity contribution is 8.00. The molecule has 30 heavy (non-hydrogen) atoms. The smallest absolute Gasteiger partial charge is 0.264 e. The van der Waals surface area contributed by atoms with Gasteiger partial charge in [0.2, 0.25) is 11.9 Å². The van der Waals surface area contributed by atoms with Crippen LogP contribution in [0.2, 0.25) is 0 Å². The van der Waals surface area contributed by atoms with Crippen LogP contribution in [0.1, 0.15) is 18.2 Å². The SMILES string of the molecule is Cc1ccc(SC(C)C(=O)Nc2ccc(S(=O)(=O)Nc3nccc(C)n3)cc2)cc1. The number of carbonyl (C=O) groups is 1. The number of amides is 1. The highest BCUT2D eigenvalue weighted by Crippen LogP contribution is 2.25. The minimum absolute atomic E-state index is 0.00864. The summed E-state index contributed by atoms with van der Waals surface area (Å²) in [6.45, 7) is 5.58. The van der Waals surface area contributed by atoms with Gasteiger partial charge in [0, 0.05) is 22.5 Å². The minimum atomic E-state index is -3.83. The zero-order chi connectivity index (χ0) is 21.7. The molecule has 1 amide bonds. The second-order valence-electron chi connectivity index (χ2n) is 6.71. The molecular weight excluding hydrogens is 420 g/mol. The van der Waals surface area contributed by atoms with Gasteiger partial charge in [-0.15, -0.1) is 11.8 Å². The standard InChI is InChI=1S/C21H22N4O3S2/c1-14-4-8-18(9-5-14)29-16(3)20(26)24-17-6-10-19(11-7-17)30(27,28)25-21-22-13-12-15(2)23-21/h4-13,16H,1-3H3,(H,24,26)(H,22,23,25). The molecule has 0 bridgehead atoms. The number of carbonyl (C=O) groups excluding carboxylic acids is 1. The number of rotatable bonds is 7. The van der Waals surface area contributed by atoms with Gasteiger partial charge in [-0.3, -0.25) is 4.79 Å². The summed E-state index contributed by atoms with van der Waals surface area (Å²) in [4.78, 5) is 21.5. The third-order valence-corrected chi connectivity index (χ3v) is 6.61. The first-order valence-corrected chi connectivity index (χ1v) is 11.6. The van der Waals surface area contributed by atoms with Gasteiger partial charge in [-0.1, -0.05) is 17.7 Å². The molecule has 0 spiro atoms. The average Bonchev–Trinajstić information content (AvgIpc) is 2.70. The number of hydrogen-bond acceptors (Lipinski definition) is 6. The second-order valence-corrected chi connectivity index (χ2v) is 9.81. The summed E-state index contributed by atoms with van der Waals surface area (Å²) in [5.74, 6) is -0.156. The summed E-state index contributed by atoms with van der Waals surface area (Å²) in [7, 11) is -3.83. The maximum absolute atomic E-state index is 12.5. The van der Waals surface area contributed by atoms with Crippen LogP contribution in [0.4, 0.5) is 11.6 Å². The van der Waals surface area contributed by atoms with Crippen molar-refractivity contribution < 1.29 is 13.2 Å². The van der Waals surface area contributed by atoms with Crippen LogP contribution in [0.3, 0.4) is 0 Å². The third kappa shape index (κ3) is 5.80. The molecule has 1 aromatic heterocycles. The lowest BCUT2D eigenvalue weighted by Crippen LogP contribution is -2.22. The van der Waals surface area contributed by atoms with E-state index in [-0.39, 0.29) is 22.0 Å². The lowest BCUT2D eigenvalue weighted by Gasteiger charge is -2.13. The van der Waals surface area contributed by atoms with Crippen molar-refractivity contribution >= 4 is 39.3 Å². The van der Waals surface area contributed by atoms with Gasteiger partial charge in [0.1, 0.15) is 0 Å². The third-order valence-electron chi connectivity index (χ3n) is 4.16. The first-order chi connectivity index (χ1) is 14.2. The summed E-state index contributed by atoms with van der Waals surface area (Å²) in [5.41, 5.74) is 2.33. The average molecular weight is 443 g/mol. The Morgan fingerprint density at radius 2 is 1.67 bits per heavy atom. The quantitative estimate of drug-likeness (QED) is 0.536. The number of anilines is 2. The molecule has 9 heteroatoms. The van der Waals surface area contributed by atoms with E-state index in [0.717, 1.165) is 10.5 Å². The molecule has 0 radical (unpaired) electrons. The number of thioether (sulfide) groups is 1. The van der Waals surface area contributed by atoms with E-state index < -0.39 is 10.0 Å². The zero-order valence-electron chi connectivity index (χ0n) is 16.8. The fourth-order valence-electron chi connectivity index (χ4n) is 2.51. The second kappa shape index (κ2) is 9.27.